The van der Waals surface area contributed by atoms with Gasteiger partial charge in [-0.1, -0.05) is 41.4 Å². The van der Waals surface area contributed by atoms with E-state index in [1.54, 1.807) is 15.9 Å². The van der Waals surface area contributed by atoms with E-state index in [2.05, 4.69) is 29.5 Å². The van der Waals surface area contributed by atoms with Crippen molar-refractivity contribution in [1.29, 1.82) is 0 Å². The molecule has 0 saturated carbocycles. The van der Waals surface area contributed by atoms with Gasteiger partial charge in [-0.2, -0.15) is 4.72 Å². The first-order valence-electron chi connectivity index (χ1n) is 18.5. The number of benzene rings is 2. The number of aromatic nitrogens is 1. The Hall–Kier alpha value is -3.12. The van der Waals surface area contributed by atoms with Crippen molar-refractivity contribution in [3.63, 3.8) is 0 Å². The van der Waals surface area contributed by atoms with Crippen molar-refractivity contribution in [3.8, 4) is 5.75 Å². The van der Waals surface area contributed by atoms with Gasteiger partial charge >= 0.3 is 0 Å². The quantitative estimate of drug-likeness (QED) is 0.278. The monoisotopic (exact) mass is 803 g/mol. The average Bonchev–Trinajstić information content (AvgIpc) is 3.15. The molecule has 0 atom stereocenters. The molecule has 2 aromatic carbocycles. The Kier molecular flexibility index (Phi) is 13.0. The Bertz CT molecular complexity index is 1930. The number of nitrogens with two attached hydrogens (primary N) is 1. The summed E-state index contributed by atoms with van der Waals surface area (Å²) in [5.74, 6) is 0.144. The second-order valence-corrected chi connectivity index (χ2v) is 17.1. The topological polar surface area (TPSA) is 148 Å². The van der Waals surface area contributed by atoms with Crippen molar-refractivity contribution in [1.82, 2.24) is 39.3 Å². The number of hydrogen-bond donors (Lipinski definition) is 2. The number of para-hydroxylation sites is 1. The van der Waals surface area contributed by atoms with Gasteiger partial charge < -0.3 is 20.3 Å². The molecule has 3 aliphatic heterocycles. The van der Waals surface area contributed by atoms with Crippen LogP contribution in [0.3, 0.4) is 0 Å². The number of aryl methyl sites for hydroxylation is 1. The van der Waals surface area contributed by atoms with Crippen LogP contribution in [-0.4, -0.2) is 159 Å². The van der Waals surface area contributed by atoms with Crippen molar-refractivity contribution in [2.45, 2.75) is 37.8 Å². The summed E-state index contributed by atoms with van der Waals surface area (Å²) in [6.07, 6.45) is 0. The molecule has 2 amide bonds. The van der Waals surface area contributed by atoms with Crippen LogP contribution in [0.4, 0.5) is 0 Å². The maximum Gasteiger partial charge on any atom is 0.243 e. The Balaban J connectivity index is 0.999. The third kappa shape index (κ3) is 9.45. The molecule has 3 aromatic rings. The van der Waals surface area contributed by atoms with Crippen molar-refractivity contribution in [2.24, 2.45) is 5.73 Å². The van der Waals surface area contributed by atoms with Crippen LogP contribution in [0.15, 0.2) is 47.4 Å². The van der Waals surface area contributed by atoms with E-state index in [1.165, 1.54) is 26.0 Å². The van der Waals surface area contributed by atoms with Gasteiger partial charge in [0, 0.05) is 113 Å². The minimum Gasteiger partial charge on any atom is -0.487 e. The molecular formula is C37H51Cl2N9O5S. The molecule has 3 N–H and O–H groups in total. The number of rotatable bonds is 12. The zero-order valence-corrected chi connectivity index (χ0v) is 33.6. The largest absolute Gasteiger partial charge is 0.487 e. The van der Waals surface area contributed by atoms with Crippen molar-refractivity contribution in [2.75, 3.05) is 98.2 Å². The summed E-state index contributed by atoms with van der Waals surface area (Å²) in [4.78, 5) is 39.3. The van der Waals surface area contributed by atoms with Crippen molar-refractivity contribution < 1.29 is 22.7 Å². The lowest BCUT2D eigenvalue weighted by Crippen LogP contribution is -2.61. The van der Waals surface area contributed by atoms with Gasteiger partial charge in [0.25, 0.3) is 0 Å². The van der Waals surface area contributed by atoms with Crippen LogP contribution in [0, 0.1) is 6.92 Å². The predicted molar refractivity (Wildman–Crippen MR) is 210 cm³/mol. The number of nitrogens with one attached hydrogen (secondary N) is 1. The van der Waals surface area contributed by atoms with Crippen LogP contribution >= 0.6 is 23.2 Å². The zero-order chi connectivity index (χ0) is 38.6. The van der Waals surface area contributed by atoms with Crippen molar-refractivity contribution >= 4 is 55.9 Å². The number of halogens is 2. The Morgan fingerprint density at radius 2 is 1.48 bits per heavy atom. The van der Waals surface area contributed by atoms with Crippen LogP contribution in [0.5, 0.6) is 5.75 Å². The first kappa shape index (κ1) is 40.5. The molecule has 294 valence electrons. The number of sulfonamides is 1. The SMILES string of the molecule is Cc1ccc2cccc(OCc3c(Cl)ccc(S(=O)(=O)NC(C)(C)C(=O)N4CCN(C(=O)CN5CCN(N6CCN(CCN)CC6)CC5)CC4)c3Cl)c2n1. The number of pyridine rings is 1. The molecule has 4 heterocycles. The molecule has 54 heavy (non-hydrogen) atoms. The van der Waals surface area contributed by atoms with E-state index in [0.717, 1.165) is 70.0 Å². The van der Waals surface area contributed by atoms with E-state index in [4.69, 9.17) is 33.7 Å². The van der Waals surface area contributed by atoms with Gasteiger partial charge in [0.05, 0.1) is 11.6 Å². The fraction of sp³-hybridized carbons (Fsp3) is 0.541. The van der Waals surface area contributed by atoms with Gasteiger partial charge in [-0.05, 0) is 45.0 Å². The van der Waals surface area contributed by atoms with E-state index in [-0.39, 0.29) is 33.0 Å². The van der Waals surface area contributed by atoms with E-state index in [9.17, 15) is 18.0 Å². The molecule has 0 spiro atoms. The van der Waals surface area contributed by atoms with E-state index in [1.807, 2.05) is 31.2 Å². The number of carbonyl (C=O) groups is 2. The summed E-state index contributed by atoms with van der Waals surface area (Å²) in [7, 11) is -4.29. The lowest BCUT2D eigenvalue weighted by Gasteiger charge is -2.45. The summed E-state index contributed by atoms with van der Waals surface area (Å²) in [5, 5.41) is 5.86. The number of amides is 2. The first-order chi connectivity index (χ1) is 25.8. The molecular weight excluding hydrogens is 753 g/mol. The molecule has 0 bridgehead atoms. The van der Waals surface area contributed by atoms with Crippen LogP contribution in [0.25, 0.3) is 10.9 Å². The number of hydrazine groups is 1. The fourth-order valence-electron chi connectivity index (χ4n) is 7.28. The van der Waals surface area contributed by atoms with Gasteiger partial charge in [-0.3, -0.25) is 19.4 Å². The molecule has 0 radical (unpaired) electrons. The average molecular weight is 805 g/mol. The molecule has 17 heteroatoms. The fourth-order valence-corrected chi connectivity index (χ4v) is 9.54. The number of hydrogen-bond acceptors (Lipinski definition) is 11. The highest BCUT2D eigenvalue weighted by molar-refractivity contribution is 7.89. The number of ether oxygens (including phenoxy) is 1. The lowest BCUT2D eigenvalue weighted by molar-refractivity contribution is -0.143. The highest BCUT2D eigenvalue weighted by Gasteiger charge is 2.39. The van der Waals surface area contributed by atoms with Gasteiger partial charge in [-0.25, -0.2) is 23.4 Å². The number of carbonyl (C=O) groups excluding carboxylic acids is 2. The number of nitrogens with zero attached hydrogens (tertiary/aromatic N) is 7. The summed E-state index contributed by atoms with van der Waals surface area (Å²) in [6.45, 7) is 15.6. The lowest BCUT2D eigenvalue weighted by atomic mass is 10.0. The molecule has 1 aromatic heterocycles. The highest BCUT2D eigenvalue weighted by atomic mass is 35.5. The molecule has 6 rings (SSSR count). The summed E-state index contributed by atoms with van der Waals surface area (Å²) >= 11 is 13.2. The van der Waals surface area contributed by atoms with Gasteiger partial charge in [0.1, 0.15) is 28.3 Å². The molecule has 0 unspecified atom stereocenters. The summed E-state index contributed by atoms with van der Waals surface area (Å²) in [6, 6.07) is 12.2. The second kappa shape index (κ2) is 17.3. The molecule has 0 aliphatic carbocycles. The van der Waals surface area contributed by atoms with Gasteiger partial charge in [0.2, 0.25) is 21.8 Å². The van der Waals surface area contributed by atoms with E-state index < -0.39 is 21.5 Å². The van der Waals surface area contributed by atoms with Crippen LogP contribution in [0.2, 0.25) is 10.0 Å². The molecule has 3 fully saturated rings. The van der Waals surface area contributed by atoms with Gasteiger partial charge in [-0.15, -0.1) is 0 Å². The van der Waals surface area contributed by atoms with E-state index >= 15 is 0 Å². The van der Waals surface area contributed by atoms with Crippen LogP contribution < -0.4 is 15.2 Å². The highest BCUT2D eigenvalue weighted by Crippen LogP contribution is 2.34. The number of piperazine rings is 3. The third-order valence-corrected chi connectivity index (χ3v) is 13.0. The summed E-state index contributed by atoms with van der Waals surface area (Å²) < 4.78 is 36.1. The molecule has 3 saturated heterocycles. The van der Waals surface area contributed by atoms with Crippen LogP contribution in [-0.2, 0) is 26.2 Å². The summed E-state index contributed by atoms with van der Waals surface area (Å²) in [5.41, 5.74) is 5.98. The normalized spacial score (nSPS) is 18.7. The second-order valence-electron chi connectivity index (χ2n) is 14.6. The predicted octanol–water partition coefficient (Wildman–Crippen LogP) is 2.27. The standard InChI is InChI=1S/C37H51Cl2N9O5S/c1-27-7-8-28-5-4-6-31(35(28)41-27)53-26-29-30(38)9-10-32(34(29)39)54(51,52)42-37(2,3)36(50)46-19-17-45(18-20-46)33(49)25-44-15-23-48(24-16-44)47-21-13-43(12-11-40)14-22-47/h4-10,42H,11-26,40H2,1-3H3. The maximum absolute atomic E-state index is 13.8. The zero-order valence-electron chi connectivity index (χ0n) is 31.3. The Morgan fingerprint density at radius 1 is 0.852 bits per heavy atom. The first-order valence-corrected chi connectivity index (χ1v) is 20.7. The number of fused-ring (bicyclic) bond motifs is 1. The smallest absolute Gasteiger partial charge is 0.243 e. The Labute approximate surface area is 328 Å². The Morgan fingerprint density at radius 3 is 2.13 bits per heavy atom. The third-order valence-electron chi connectivity index (χ3n) is 10.4. The minimum absolute atomic E-state index is 0.0369. The molecule has 14 nitrogen and oxygen atoms in total. The minimum atomic E-state index is -4.29. The van der Waals surface area contributed by atoms with Gasteiger partial charge in [0.15, 0.2) is 0 Å². The maximum atomic E-state index is 13.8. The van der Waals surface area contributed by atoms with Crippen molar-refractivity contribution in [3.05, 3.63) is 63.8 Å². The van der Waals surface area contributed by atoms with Crippen LogP contribution in [0.1, 0.15) is 25.1 Å². The van der Waals surface area contributed by atoms with E-state index in [0.29, 0.717) is 50.5 Å². The molecule has 3 aliphatic rings.